The van der Waals surface area contributed by atoms with Crippen LogP contribution >= 0.6 is 11.3 Å². The van der Waals surface area contributed by atoms with Crippen molar-refractivity contribution < 1.29 is 20.4 Å². The van der Waals surface area contributed by atoms with Crippen LogP contribution in [0.2, 0.25) is 0 Å². The van der Waals surface area contributed by atoms with E-state index >= 15 is 0 Å². The summed E-state index contributed by atoms with van der Waals surface area (Å²) >= 11 is 1.68. The summed E-state index contributed by atoms with van der Waals surface area (Å²) in [5, 5.41) is 48.7. The number of benzene rings is 4. The predicted octanol–water partition coefficient (Wildman–Crippen LogP) is 12.1. The molecule has 0 radical (unpaired) electrons. The van der Waals surface area contributed by atoms with Crippen LogP contribution in [0.5, 0.6) is 23.0 Å². The van der Waals surface area contributed by atoms with Gasteiger partial charge in [0.2, 0.25) is 0 Å². The smallest absolute Gasteiger partial charge is 0.122 e. The molecule has 0 amide bonds. The van der Waals surface area contributed by atoms with E-state index in [-0.39, 0.29) is 44.7 Å². The molecule has 5 heteroatoms. The Morgan fingerprint density at radius 2 is 0.717 bits per heavy atom. The molecule has 0 fully saturated rings. The fourth-order valence-electron chi connectivity index (χ4n) is 6.80. The second-order valence-corrected chi connectivity index (χ2v) is 20.1. The quantitative estimate of drug-likeness (QED) is 0.128. The summed E-state index contributed by atoms with van der Waals surface area (Å²) in [4.78, 5) is 1.19. The van der Waals surface area contributed by atoms with Crippen molar-refractivity contribution >= 4 is 11.3 Å². The first-order chi connectivity index (χ1) is 24.4. The van der Waals surface area contributed by atoms with Crippen LogP contribution in [0.1, 0.15) is 149 Å². The van der Waals surface area contributed by atoms with E-state index in [0.717, 1.165) is 61.2 Å². The molecule has 53 heavy (non-hydrogen) atoms. The Balaban J connectivity index is 1.62. The van der Waals surface area contributed by atoms with E-state index in [9.17, 15) is 20.4 Å². The standard InChI is InChI=1S/C48H60O4S/c1-45(2,3)36-15-16-41(49)29(21-36)18-30-22-37(46(4,5)6)23-31(42(30)50)19-32-24-38(47(7,8)9)25-33(43(32)51)20-34-26-39(48(10,11)12)27-35(44(34)52)28-40-14-13-17-53-40/h13-17,21-27,49-52H,18-20,28H2,1-12H3. The molecule has 0 bridgehead atoms. The zero-order valence-corrected chi connectivity index (χ0v) is 34.8. The van der Waals surface area contributed by atoms with Gasteiger partial charge in [0.15, 0.2) is 0 Å². The van der Waals surface area contributed by atoms with Gasteiger partial charge in [0.25, 0.3) is 0 Å². The number of rotatable bonds is 8. The van der Waals surface area contributed by atoms with E-state index in [4.69, 9.17) is 0 Å². The highest BCUT2D eigenvalue weighted by Gasteiger charge is 2.26. The van der Waals surface area contributed by atoms with Gasteiger partial charge in [0.05, 0.1) is 0 Å². The molecule has 0 atom stereocenters. The zero-order chi connectivity index (χ0) is 39.3. The average Bonchev–Trinajstić information content (AvgIpc) is 3.54. The van der Waals surface area contributed by atoms with E-state index in [1.807, 2.05) is 18.2 Å². The minimum atomic E-state index is -0.215. The molecule has 0 unspecified atom stereocenters. The van der Waals surface area contributed by atoms with Crippen LogP contribution < -0.4 is 0 Å². The highest BCUT2D eigenvalue weighted by molar-refractivity contribution is 7.09. The lowest BCUT2D eigenvalue weighted by Gasteiger charge is -2.25. The number of phenols is 4. The maximum absolute atomic E-state index is 12.1. The van der Waals surface area contributed by atoms with Gasteiger partial charge in [-0.05, 0) is 100 Å². The third-order valence-corrected chi connectivity index (χ3v) is 11.3. The van der Waals surface area contributed by atoms with Crippen LogP contribution in [-0.4, -0.2) is 20.4 Å². The van der Waals surface area contributed by atoms with Crippen molar-refractivity contribution in [2.45, 2.75) is 130 Å². The minimum Gasteiger partial charge on any atom is -0.508 e. The molecule has 1 aromatic heterocycles. The maximum Gasteiger partial charge on any atom is 0.122 e. The molecule has 4 aromatic carbocycles. The Labute approximate surface area is 322 Å². The summed E-state index contributed by atoms with van der Waals surface area (Å²) in [6.45, 7) is 26.0. The van der Waals surface area contributed by atoms with Crippen molar-refractivity contribution in [3.8, 4) is 23.0 Å². The zero-order valence-electron chi connectivity index (χ0n) is 34.0. The van der Waals surface area contributed by atoms with E-state index in [0.29, 0.717) is 25.7 Å². The van der Waals surface area contributed by atoms with Gasteiger partial charge in [-0.2, -0.15) is 0 Å². The molecule has 0 saturated heterocycles. The monoisotopic (exact) mass is 732 g/mol. The van der Waals surface area contributed by atoms with E-state index < -0.39 is 0 Å². The van der Waals surface area contributed by atoms with Crippen molar-refractivity contribution in [2.75, 3.05) is 0 Å². The van der Waals surface area contributed by atoms with Gasteiger partial charge in [0, 0.05) is 30.6 Å². The highest BCUT2D eigenvalue weighted by Crippen LogP contribution is 2.41. The van der Waals surface area contributed by atoms with Crippen molar-refractivity contribution in [3.63, 3.8) is 0 Å². The topological polar surface area (TPSA) is 80.9 Å². The SMILES string of the molecule is CC(C)(C)c1ccc(O)c(Cc2cc(C(C)(C)C)cc(Cc3cc(C(C)(C)C)cc(Cc4cc(C(C)(C)C)cc(Cc5cccs5)c4O)c3O)c2O)c1. The van der Waals surface area contributed by atoms with Crippen molar-refractivity contribution in [1.82, 2.24) is 0 Å². The van der Waals surface area contributed by atoms with Crippen LogP contribution in [-0.2, 0) is 47.3 Å². The normalized spacial score (nSPS) is 12.8. The average molecular weight is 733 g/mol. The van der Waals surface area contributed by atoms with Gasteiger partial charge in [0.1, 0.15) is 23.0 Å². The Kier molecular flexibility index (Phi) is 11.0. The van der Waals surface area contributed by atoms with Gasteiger partial charge in [-0.1, -0.05) is 138 Å². The van der Waals surface area contributed by atoms with Crippen LogP contribution in [0, 0.1) is 0 Å². The van der Waals surface area contributed by atoms with E-state index in [1.165, 1.54) is 4.88 Å². The van der Waals surface area contributed by atoms with E-state index in [2.05, 4.69) is 131 Å². The Hall–Kier alpha value is -4.22. The predicted molar refractivity (Wildman–Crippen MR) is 223 cm³/mol. The fraction of sp³-hybridized carbons (Fsp3) is 0.417. The van der Waals surface area contributed by atoms with Gasteiger partial charge in [-0.15, -0.1) is 11.3 Å². The molecule has 5 rings (SSSR count). The Bertz CT molecular complexity index is 2090. The summed E-state index contributed by atoms with van der Waals surface area (Å²) in [6, 6.07) is 22.3. The summed E-state index contributed by atoms with van der Waals surface area (Å²) in [6.07, 6.45) is 1.69. The molecule has 0 aliphatic carbocycles. The Morgan fingerprint density at radius 1 is 0.396 bits per heavy atom. The summed E-state index contributed by atoms with van der Waals surface area (Å²) in [5.74, 6) is 0.829. The molecule has 4 N–H and O–H groups in total. The lowest BCUT2D eigenvalue weighted by Crippen LogP contribution is -2.14. The largest absolute Gasteiger partial charge is 0.508 e. The second kappa shape index (κ2) is 14.5. The lowest BCUT2D eigenvalue weighted by molar-refractivity contribution is 0.451. The molecule has 0 spiro atoms. The first kappa shape index (κ1) is 40.0. The molecular formula is C48H60O4S. The van der Waals surface area contributed by atoms with Crippen molar-refractivity contribution in [3.05, 3.63) is 138 Å². The third kappa shape index (κ3) is 9.30. The van der Waals surface area contributed by atoms with Gasteiger partial charge in [-0.25, -0.2) is 0 Å². The van der Waals surface area contributed by atoms with Crippen LogP contribution in [0.25, 0.3) is 0 Å². The summed E-state index contributed by atoms with van der Waals surface area (Å²) < 4.78 is 0. The van der Waals surface area contributed by atoms with Crippen LogP contribution in [0.4, 0.5) is 0 Å². The van der Waals surface area contributed by atoms with Gasteiger partial charge < -0.3 is 20.4 Å². The van der Waals surface area contributed by atoms with Gasteiger partial charge >= 0.3 is 0 Å². The fourth-order valence-corrected chi connectivity index (χ4v) is 7.53. The maximum atomic E-state index is 12.1. The minimum absolute atomic E-state index is 0.0906. The number of phenolic OH excluding ortho intramolecular Hbond substituents is 4. The first-order valence-corrected chi connectivity index (χ1v) is 19.7. The van der Waals surface area contributed by atoms with Gasteiger partial charge in [-0.3, -0.25) is 0 Å². The molecule has 1 heterocycles. The summed E-state index contributed by atoms with van der Waals surface area (Å²) in [7, 11) is 0. The molecule has 0 saturated carbocycles. The molecule has 282 valence electrons. The second-order valence-electron chi connectivity index (χ2n) is 19.1. The third-order valence-electron chi connectivity index (χ3n) is 10.4. The van der Waals surface area contributed by atoms with Crippen molar-refractivity contribution in [2.24, 2.45) is 0 Å². The van der Waals surface area contributed by atoms with Crippen LogP contribution in [0.15, 0.2) is 72.1 Å². The van der Waals surface area contributed by atoms with E-state index in [1.54, 1.807) is 17.4 Å². The molecule has 0 aliphatic rings. The molecular weight excluding hydrogens is 673 g/mol. The lowest BCUT2D eigenvalue weighted by atomic mass is 9.80. The summed E-state index contributed by atoms with van der Waals surface area (Å²) in [5.41, 5.74) is 9.12. The van der Waals surface area contributed by atoms with Crippen molar-refractivity contribution in [1.29, 1.82) is 0 Å². The molecule has 4 nitrogen and oxygen atoms in total. The Morgan fingerprint density at radius 3 is 1.04 bits per heavy atom. The molecule has 0 aliphatic heterocycles. The number of thiophene rings is 1. The number of hydrogen-bond acceptors (Lipinski definition) is 5. The first-order valence-electron chi connectivity index (χ1n) is 18.8. The number of hydrogen-bond donors (Lipinski definition) is 4. The number of aromatic hydroxyl groups is 4. The molecule has 5 aromatic rings. The van der Waals surface area contributed by atoms with Crippen LogP contribution in [0.3, 0.4) is 0 Å². The highest BCUT2D eigenvalue weighted by atomic mass is 32.1.